The largest absolute Gasteiger partial charge is 0.470 e. The van der Waals surface area contributed by atoms with E-state index in [2.05, 4.69) is 22.4 Å². The highest BCUT2D eigenvalue weighted by atomic mass is 32.1. The standard InChI is InChI=1S/C12H13NO2S/c1-2-12(16-7-1)10-8-15-9-11(10)13-3-5-14-6-4-13/h1-2,7-9H,3-6H2. The fourth-order valence-corrected chi connectivity index (χ4v) is 2.70. The fraction of sp³-hybridized carbons (Fsp3) is 0.333. The van der Waals surface area contributed by atoms with E-state index in [1.807, 2.05) is 12.5 Å². The van der Waals surface area contributed by atoms with Crippen molar-refractivity contribution < 1.29 is 9.15 Å². The summed E-state index contributed by atoms with van der Waals surface area (Å²) in [5, 5.41) is 2.09. The second-order valence-electron chi connectivity index (χ2n) is 3.75. The van der Waals surface area contributed by atoms with Crippen molar-refractivity contribution in [1.82, 2.24) is 0 Å². The Kier molecular flexibility index (Phi) is 2.68. The molecule has 16 heavy (non-hydrogen) atoms. The van der Waals surface area contributed by atoms with Gasteiger partial charge in [0.05, 0.1) is 24.5 Å². The van der Waals surface area contributed by atoms with Crippen LogP contribution in [0.2, 0.25) is 0 Å². The third kappa shape index (κ3) is 1.74. The zero-order valence-electron chi connectivity index (χ0n) is 8.89. The topological polar surface area (TPSA) is 25.6 Å². The lowest BCUT2D eigenvalue weighted by atomic mass is 10.2. The van der Waals surface area contributed by atoms with Crippen LogP contribution in [0.25, 0.3) is 10.4 Å². The van der Waals surface area contributed by atoms with Crippen LogP contribution in [0.3, 0.4) is 0 Å². The Hall–Kier alpha value is -1.26. The summed E-state index contributed by atoms with van der Waals surface area (Å²) in [6.45, 7) is 3.49. The number of anilines is 1. The van der Waals surface area contributed by atoms with Crippen molar-refractivity contribution in [2.24, 2.45) is 0 Å². The molecule has 0 bridgehead atoms. The van der Waals surface area contributed by atoms with Gasteiger partial charge in [-0.25, -0.2) is 0 Å². The number of ether oxygens (including phenoxy) is 1. The first-order valence-electron chi connectivity index (χ1n) is 5.38. The third-order valence-electron chi connectivity index (χ3n) is 2.78. The maximum atomic E-state index is 5.36. The molecule has 84 valence electrons. The minimum atomic E-state index is 0.801. The molecule has 2 aromatic heterocycles. The van der Waals surface area contributed by atoms with Crippen LogP contribution >= 0.6 is 11.3 Å². The third-order valence-corrected chi connectivity index (χ3v) is 3.68. The average Bonchev–Trinajstić information content (AvgIpc) is 3.01. The molecule has 0 aliphatic carbocycles. The number of nitrogens with zero attached hydrogens (tertiary/aromatic N) is 1. The van der Waals surface area contributed by atoms with E-state index in [-0.39, 0.29) is 0 Å². The molecule has 0 amide bonds. The predicted octanol–water partition coefficient (Wildman–Crippen LogP) is 2.84. The number of morpholine rings is 1. The van der Waals surface area contributed by atoms with Crippen LogP contribution in [0.1, 0.15) is 0 Å². The molecule has 4 heteroatoms. The van der Waals surface area contributed by atoms with Crippen LogP contribution in [-0.4, -0.2) is 26.3 Å². The van der Waals surface area contributed by atoms with Crippen molar-refractivity contribution in [2.45, 2.75) is 0 Å². The summed E-state index contributed by atoms with van der Waals surface area (Å²) in [4.78, 5) is 3.58. The normalized spacial score (nSPS) is 16.6. The summed E-state index contributed by atoms with van der Waals surface area (Å²) in [6.07, 6.45) is 3.66. The molecule has 1 saturated heterocycles. The van der Waals surface area contributed by atoms with Gasteiger partial charge in [0.25, 0.3) is 0 Å². The van der Waals surface area contributed by atoms with Crippen molar-refractivity contribution in [1.29, 1.82) is 0 Å². The van der Waals surface area contributed by atoms with Crippen LogP contribution in [0, 0.1) is 0 Å². The summed E-state index contributed by atoms with van der Waals surface area (Å²) in [5.74, 6) is 0. The number of hydrogen-bond donors (Lipinski definition) is 0. The fourth-order valence-electron chi connectivity index (χ4n) is 1.96. The Morgan fingerprint density at radius 2 is 2.06 bits per heavy atom. The second kappa shape index (κ2) is 4.31. The lowest BCUT2D eigenvalue weighted by molar-refractivity contribution is 0.122. The van der Waals surface area contributed by atoms with E-state index in [0.29, 0.717) is 0 Å². The molecule has 3 rings (SSSR count). The average molecular weight is 235 g/mol. The number of thiophene rings is 1. The van der Waals surface area contributed by atoms with Crippen LogP contribution in [-0.2, 0) is 4.74 Å². The second-order valence-corrected chi connectivity index (χ2v) is 4.70. The maximum Gasteiger partial charge on any atom is 0.114 e. The van der Waals surface area contributed by atoms with Gasteiger partial charge in [0, 0.05) is 18.0 Å². The molecular weight excluding hydrogens is 222 g/mol. The lowest BCUT2D eigenvalue weighted by Gasteiger charge is -2.28. The van der Waals surface area contributed by atoms with Gasteiger partial charge < -0.3 is 14.1 Å². The number of rotatable bonds is 2. The molecule has 1 aliphatic heterocycles. The van der Waals surface area contributed by atoms with Gasteiger partial charge in [-0.05, 0) is 11.4 Å². The van der Waals surface area contributed by atoms with Gasteiger partial charge in [0.1, 0.15) is 12.5 Å². The molecule has 3 nitrogen and oxygen atoms in total. The smallest absolute Gasteiger partial charge is 0.114 e. The molecule has 0 aromatic carbocycles. The summed E-state index contributed by atoms with van der Waals surface area (Å²) in [5.41, 5.74) is 2.38. The van der Waals surface area contributed by atoms with Crippen molar-refractivity contribution >= 4 is 17.0 Å². The zero-order chi connectivity index (χ0) is 10.8. The quantitative estimate of drug-likeness (QED) is 0.800. The van der Waals surface area contributed by atoms with Gasteiger partial charge >= 0.3 is 0 Å². The summed E-state index contributed by atoms with van der Waals surface area (Å²) in [7, 11) is 0. The molecule has 0 unspecified atom stereocenters. The summed E-state index contributed by atoms with van der Waals surface area (Å²) in [6, 6.07) is 4.19. The zero-order valence-corrected chi connectivity index (χ0v) is 9.70. The van der Waals surface area contributed by atoms with Gasteiger partial charge in [-0.1, -0.05) is 6.07 Å². The van der Waals surface area contributed by atoms with Gasteiger partial charge in [-0.3, -0.25) is 0 Å². The van der Waals surface area contributed by atoms with Crippen molar-refractivity contribution in [3.63, 3.8) is 0 Å². The monoisotopic (exact) mass is 235 g/mol. The van der Waals surface area contributed by atoms with E-state index >= 15 is 0 Å². The van der Waals surface area contributed by atoms with Crippen LogP contribution in [0.5, 0.6) is 0 Å². The molecule has 0 spiro atoms. The van der Waals surface area contributed by atoms with E-state index in [0.717, 1.165) is 26.3 Å². The van der Waals surface area contributed by atoms with Crippen LogP contribution < -0.4 is 4.90 Å². The predicted molar refractivity (Wildman–Crippen MR) is 65.1 cm³/mol. The molecule has 0 saturated carbocycles. The number of hydrogen-bond acceptors (Lipinski definition) is 4. The highest BCUT2D eigenvalue weighted by Gasteiger charge is 2.17. The van der Waals surface area contributed by atoms with Crippen LogP contribution in [0.15, 0.2) is 34.5 Å². The minimum absolute atomic E-state index is 0.801. The van der Waals surface area contributed by atoms with E-state index in [1.165, 1.54) is 16.1 Å². The maximum absolute atomic E-state index is 5.36. The first kappa shape index (κ1) is 9.93. The Morgan fingerprint density at radius 1 is 1.19 bits per heavy atom. The Morgan fingerprint density at radius 3 is 2.81 bits per heavy atom. The summed E-state index contributed by atoms with van der Waals surface area (Å²) < 4.78 is 10.7. The molecule has 0 radical (unpaired) electrons. The lowest BCUT2D eigenvalue weighted by Crippen LogP contribution is -2.36. The van der Waals surface area contributed by atoms with Gasteiger partial charge in [-0.2, -0.15) is 0 Å². The first-order chi connectivity index (χ1) is 7.95. The molecule has 1 fully saturated rings. The SMILES string of the molecule is c1csc(-c2cocc2N2CCOCC2)c1. The number of furan rings is 1. The first-order valence-corrected chi connectivity index (χ1v) is 6.26. The van der Waals surface area contributed by atoms with Gasteiger partial charge in [0.2, 0.25) is 0 Å². The Bertz CT molecular complexity index is 443. The molecule has 0 atom stereocenters. The Balaban J connectivity index is 1.92. The molecule has 0 N–H and O–H groups in total. The minimum Gasteiger partial charge on any atom is -0.470 e. The van der Waals surface area contributed by atoms with E-state index in [9.17, 15) is 0 Å². The van der Waals surface area contributed by atoms with Crippen LogP contribution in [0.4, 0.5) is 5.69 Å². The van der Waals surface area contributed by atoms with E-state index in [1.54, 1.807) is 11.3 Å². The molecule has 1 aliphatic rings. The van der Waals surface area contributed by atoms with Crippen molar-refractivity contribution in [3.05, 3.63) is 30.0 Å². The van der Waals surface area contributed by atoms with Gasteiger partial charge in [-0.15, -0.1) is 11.3 Å². The summed E-state index contributed by atoms with van der Waals surface area (Å²) >= 11 is 1.74. The molecule has 3 heterocycles. The highest BCUT2D eigenvalue weighted by molar-refractivity contribution is 7.13. The van der Waals surface area contributed by atoms with E-state index in [4.69, 9.17) is 9.15 Å². The van der Waals surface area contributed by atoms with Crippen molar-refractivity contribution in [2.75, 3.05) is 31.2 Å². The highest BCUT2D eigenvalue weighted by Crippen LogP contribution is 2.35. The van der Waals surface area contributed by atoms with Crippen molar-refractivity contribution in [3.8, 4) is 10.4 Å². The van der Waals surface area contributed by atoms with Gasteiger partial charge in [0.15, 0.2) is 0 Å². The van der Waals surface area contributed by atoms with E-state index < -0.39 is 0 Å². The molecular formula is C12H13NO2S. The Labute approximate surface area is 98.3 Å². The molecule has 2 aromatic rings.